The van der Waals surface area contributed by atoms with Crippen LogP contribution in [0, 0.1) is 0 Å². The first-order valence-electron chi connectivity index (χ1n) is 3.43. The molecule has 1 fully saturated rings. The van der Waals surface area contributed by atoms with Crippen molar-refractivity contribution in [1.82, 2.24) is 0 Å². The summed E-state index contributed by atoms with van der Waals surface area (Å²) in [6, 6.07) is 0. The van der Waals surface area contributed by atoms with Crippen molar-refractivity contribution in [3.8, 4) is 0 Å². The Labute approximate surface area is 73.8 Å². The summed E-state index contributed by atoms with van der Waals surface area (Å²) >= 11 is 0. The highest BCUT2D eigenvalue weighted by molar-refractivity contribution is 7.76. The van der Waals surface area contributed by atoms with E-state index >= 15 is 0 Å². The third-order valence-electron chi connectivity index (χ3n) is 1.69. The third kappa shape index (κ3) is 2.21. The van der Waals surface area contributed by atoms with Gasteiger partial charge in [0, 0.05) is 0 Å². The minimum Gasteiger partial charge on any atom is -0.388 e. The zero-order valence-corrected chi connectivity index (χ0v) is 7.33. The van der Waals surface area contributed by atoms with E-state index in [1.807, 2.05) is 0 Å². The van der Waals surface area contributed by atoms with E-state index in [9.17, 15) is 4.79 Å². The molecule has 1 aliphatic heterocycles. The van der Waals surface area contributed by atoms with Gasteiger partial charge in [0.25, 0.3) is 0 Å². The maximum Gasteiger partial charge on any atom is 0.481 e. The molecule has 1 rings (SSSR count). The van der Waals surface area contributed by atoms with E-state index in [2.05, 4.69) is 4.74 Å². The number of hydrogen-bond donors (Lipinski definition) is 5. The van der Waals surface area contributed by atoms with Crippen molar-refractivity contribution < 1.29 is 34.4 Å². The molecule has 1 saturated heterocycles. The summed E-state index contributed by atoms with van der Waals surface area (Å²) in [5, 5.41) is 18.0. The van der Waals surface area contributed by atoms with E-state index in [1.165, 1.54) is 0 Å². The van der Waals surface area contributed by atoms with Crippen LogP contribution in [0.1, 0.15) is 0 Å². The maximum absolute atomic E-state index is 10.9. The monoisotopic (exact) mass is 213 g/mol. The molecule has 0 bridgehead atoms. The Bertz CT molecular complexity index is 211. The molecule has 76 valence electrons. The Morgan fingerprint density at radius 3 is 2.15 bits per heavy atom. The summed E-state index contributed by atoms with van der Waals surface area (Å²) < 4.78 is 4.56. The molecule has 0 amide bonds. The predicted molar refractivity (Wildman–Crippen MR) is 40.3 cm³/mol. The summed E-state index contributed by atoms with van der Waals surface area (Å²) in [7, 11) is -4.65. The van der Waals surface area contributed by atoms with Crippen LogP contribution in [-0.2, 0) is 9.53 Å². The highest BCUT2D eigenvalue weighted by atomic mass is 31.2. The highest BCUT2D eigenvalue weighted by Gasteiger charge is 2.54. The SMILES string of the molecule is O=C([C@H]1OC[C@H](O)[C@@H]1O)[P+](O)(O)O. The van der Waals surface area contributed by atoms with Crippen molar-refractivity contribution in [3.63, 3.8) is 0 Å². The minimum absolute atomic E-state index is 0.280. The Hall–Kier alpha value is -0.140. The summed E-state index contributed by atoms with van der Waals surface area (Å²) in [4.78, 5) is 36.6. The normalized spacial score (nSPS) is 35.0. The fourth-order valence-corrected chi connectivity index (χ4v) is 1.56. The molecule has 0 aliphatic carbocycles. The summed E-state index contributed by atoms with van der Waals surface area (Å²) in [6.07, 6.45) is -4.35. The van der Waals surface area contributed by atoms with Crippen molar-refractivity contribution in [2.75, 3.05) is 6.61 Å². The van der Waals surface area contributed by atoms with E-state index in [-0.39, 0.29) is 6.61 Å². The number of carbonyl (C=O) groups is 1. The number of aliphatic hydroxyl groups excluding tert-OH is 2. The van der Waals surface area contributed by atoms with Gasteiger partial charge in [0.2, 0.25) is 0 Å². The van der Waals surface area contributed by atoms with Gasteiger partial charge in [-0.15, -0.1) is 0 Å². The molecule has 8 heteroatoms. The zero-order valence-electron chi connectivity index (χ0n) is 6.44. The quantitative estimate of drug-likeness (QED) is 0.317. The second-order valence-corrected chi connectivity index (χ2v) is 4.30. The summed E-state index contributed by atoms with van der Waals surface area (Å²) in [5.41, 5.74) is -1.39. The maximum atomic E-state index is 10.9. The number of carbonyl (C=O) groups excluding carboxylic acids is 1. The number of aliphatic hydroxyl groups is 2. The largest absolute Gasteiger partial charge is 0.481 e. The van der Waals surface area contributed by atoms with Gasteiger partial charge in [0.05, 0.1) is 6.61 Å². The second-order valence-electron chi connectivity index (χ2n) is 2.72. The molecule has 0 aromatic carbocycles. The first kappa shape index (κ1) is 10.9. The molecule has 0 radical (unpaired) electrons. The van der Waals surface area contributed by atoms with E-state index in [4.69, 9.17) is 24.9 Å². The first-order chi connectivity index (χ1) is 5.84. The average molecular weight is 213 g/mol. The van der Waals surface area contributed by atoms with Gasteiger partial charge < -0.3 is 14.9 Å². The molecular formula is C5H10O7P+. The van der Waals surface area contributed by atoms with Crippen LogP contribution in [-0.4, -0.2) is 55.3 Å². The van der Waals surface area contributed by atoms with Crippen LogP contribution >= 0.6 is 7.94 Å². The fraction of sp³-hybridized carbons (Fsp3) is 0.800. The zero-order chi connectivity index (χ0) is 10.2. The van der Waals surface area contributed by atoms with Crippen LogP contribution in [0.25, 0.3) is 0 Å². The van der Waals surface area contributed by atoms with Gasteiger partial charge >= 0.3 is 13.5 Å². The van der Waals surface area contributed by atoms with Gasteiger partial charge in [-0.2, -0.15) is 14.7 Å². The Morgan fingerprint density at radius 2 is 1.85 bits per heavy atom. The van der Waals surface area contributed by atoms with Crippen molar-refractivity contribution in [3.05, 3.63) is 0 Å². The van der Waals surface area contributed by atoms with Crippen molar-refractivity contribution in [1.29, 1.82) is 0 Å². The average Bonchev–Trinajstić information content (AvgIpc) is 2.30. The number of rotatable bonds is 2. The molecular weight excluding hydrogens is 203 g/mol. The van der Waals surface area contributed by atoms with Crippen molar-refractivity contribution in [2.45, 2.75) is 18.3 Å². The van der Waals surface area contributed by atoms with Crippen molar-refractivity contribution in [2.24, 2.45) is 0 Å². The third-order valence-corrected chi connectivity index (χ3v) is 2.54. The van der Waals surface area contributed by atoms with Crippen LogP contribution in [0.15, 0.2) is 0 Å². The Morgan fingerprint density at radius 1 is 1.31 bits per heavy atom. The van der Waals surface area contributed by atoms with Crippen LogP contribution < -0.4 is 0 Å². The molecule has 5 N–H and O–H groups in total. The van der Waals surface area contributed by atoms with Gasteiger partial charge in [-0.1, -0.05) is 0 Å². The topological polar surface area (TPSA) is 127 Å². The molecule has 0 aromatic rings. The van der Waals surface area contributed by atoms with E-state index < -0.39 is 31.8 Å². The van der Waals surface area contributed by atoms with Crippen LogP contribution in [0.5, 0.6) is 0 Å². The van der Waals surface area contributed by atoms with Crippen LogP contribution in [0.3, 0.4) is 0 Å². The molecule has 1 aliphatic rings. The molecule has 0 spiro atoms. The Kier molecular flexibility index (Phi) is 2.98. The van der Waals surface area contributed by atoms with Gasteiger partial charge in [-0.3, -0.25) is 0 Å². The van der Waals surface area contributed by atoms with E-state index in [0.29, 0.717) is 0 Å². The minimum atomic E-state index is -4.65. The van der Waals surface area contributed by atoms with Gasteiger partial charge in [0.1, 0.15) is 12.2 Å². The van der Waals surface area contributed by atoms with Crippen LogP contribution in [0.2, 0.25) is 0 Å². The predicted octanol–water partition coefficient (Wildman–Crippen LogP) is -2.63. The first-order valence-corrected chi connectivity index (χ1v) is 5.08. The van der Waals surface area contributed by atoms with Crippen molar-refractivity contribution >= 4 is 13.5 Å². The number of hydrogen-bond acceptors (Lipinski definition) is 7. The lowest BCUT2D eigenvalue weighted by Gasteiger charge is -2.11. The molecule has 0 aromatic heterocycles. The van der Waals surface area contributed by atoms with E-state index in [1.54, 1.807) is 0 Å². The molecule has 7 nitrogen and oxygen atoms in total. The lowest BCUT2D eigenvalue weighted by molar-refractivity contribution is -0.126. The molecule has 0 unspecified atom stereocenters. The summed E-state index contributed by atoms with van der Waals surface area (Å²) in [6.45, 7) is -0.280. The molecule has 13 heavy (non-hydrogen) atoms. The standard InChI is InChI=1S/C5H10O7P/c6-2-1-12-4(3(2)7)5(8)13(9,10)11/h2-4,6-7,9-11H,1H2/q+1/t2-,3-,4-/m0/s1. The highest BCUT2D eigenvalue weighted by Crippen LogP contribution is 2.48. The number of ether oxygens (including phenoxy) is 1. The second kappa shape index (κ2) is 3.55. The lowest BCUT2D eigenvalue weighted by Crippen LogP contribution is -2.36. The van der Waals surface area contributed by atoms with Gasteiger partial charge in [-0.05, 0) is 0 Å². The lowest BCUT2D eigenvalue weighted by atomic mass is 10.2. The van der Waals surface area contributed by atoms with E-state index in [0.717, 1.165) is 0 Å². The fourth-order valence-electron chi connectivity index (χ4n) is 0.989. The molecule has 0 saturated carbocycles. The molecule has 1 heterocycles. The van der Waals surface area contributed by atoms with Gasteiger partial charge in [0.15, 0.2) is 6.10 Å². The van der Waals surface area contributed by atoms with Gasteiger partial charge in [-0.25, -0.2) is 4.79 Å². The molecule has 3 atom stereocenters. The summed E-state index contributed by atoms with van der Waals surface area (Å²) in [5.74, 6) is 0. The van der Waals surface area contributed by atoms with Crippen LogP contribution in [0.4, 0.5) is 0 Å². The Balaban J connectivity index is 2.69. The smallest absolute Gasteiger partial charge is 0.388 e.